The fourth-order valence-corrected chi connectivity index (χ4v) is 4.73. The highest BCUT2D eigenvalue weighted by Crippen LogP contribution is 2.44. The number of ether oxygens (including phenoxy) is 1. The zero-order valence-corrected chi connectivity index (χ0v) is 17.8. The molecule has 0 spiro atoms. The number of benzene rings is 3. The maximum absolute atomic E-state index is 12.6. The molecule has 3 aromatic rings. The molecule has 0 N–H and O–H groups in total. The number of rotatable bonds is 5. The Morgan fingerprint density at radius 3 is 2.45 bits per heavy atom. The average molecular weight is 429 g/mol. The van der Waals surface area contributed by atoms with E-state index in [9.17, 15) is 8.42 Å². The molecule has 0 aliphatic carbocycles. The van der Waals surface area contributed by atoms with Crippen molar-refractivity contribution in [3.8, 4) is 16.9 Å². The Morgan fingerprint density at radius 1 is 1.07 bits per heavy atom. The van der Waals surface area contributed by atoms with Crippen molar-refractivity contribution in [1.29, 1.82) is 0 Å². The van der Waals surface area contributed by atoms with Gasteiger partial charge in [-0.15, -0.1) is 0 Å². The van der Waals surface area contributed by atoms with Gasteiger partial charge in [-0.25, -0.2) is 0 Å². The van der Waals surface area contributed by atoms with Crippen LogP contribution in [0.1, 0.15) is 18.1 Å². The van der Waals surface area contributed by atoms with E-state index in [4.69, 9.17) is 20.5 Å². The molecule has 29 heavy (non-hydrogen) atoms. The van der Waals surface area contributed by atoms with Crippen molar-refractivity contribution in [2.75, 3.05) is 6.61 Å². The molecule has 0 amide bonds. The molecular weight excluding hydrogens is 408 g/mol. The van der Waals surface area contributed by atoms with Gasteiger partial charge in [0.25, 0.3) is 10.1 Å². The van der Waals surface area contributed by atoms with Crippen molar-refractivity contribution in [3.63, 3.8) is 0 Å². The monoisotopic (exact) mass is 428 g/mol. The molecule has 6 heteroatoms. The van der Waals surface area contributed by atoms with Crippen molar-refractivity contribution in [2.45, 2.75) is 30.8 Å². The fourth-order valence-electron chi connectivity index (χ4n) is 3.48. The lowest BCUT2D eigenvalue weighted by atomic mass is 9.97. The molecule has 4 nitrogen and oxygen atoms in total. The van der Waals surface area contributed by atoms with Gasteiger partial charge in [-0.3, -0.25) is 4.18 Å². The SMILES string of the molecule is Cc1ccc(S(=O)(=O)OCC2(C)Cc3cc(Cl)cc(-c4ccccc4)c3O2)cc1. The van der Waals surface area contributed by atoms with E-state index in [-0.39, 0.29) is 11.5 Å². The van der Waals surface area contributed by atoms with Crippen LogP contribution in [-0.4, -0.2) is 20.6 Å². The molecule has 3 aromatic carbocycles. The van der Waals surface area contributed by atoms with Gasteiger partial charge in [-0.2, -0.15) is 8.42 Å². The summed E-state index contributed by atoms with van der Waals surface area (Å²) in [6.07, 6.45) is 0.506. The van der Waals surface area contributed by atoms with E-state index in [1.54, 1.807) is 24.3 Å². The average Bonchev–Trinajstić information content (AvgIpc) is 3.03. The van der Waals surface area contributed by atoms with Gasteiger partial charge in [0.15, 0.2) is 0 Å². The summed E-state index contributed by atoms with van der Waals surface area (Å²) in [4.78, 5) is 0.134. The third kappa shape index (κ3) is 4.17. The zero-order chi connectivity index (χ0) is 20.6. The Kier molecular flexibility index (Phi) is 5.15. The first-order chi connectivity index (χ1) is 13.8. The van der Waals surface area contributed by atoms with Crippen molar-refractivity contribution in [2.24, 2.45) is 0 Å². The summed E-state index contributed by atoms with van der Waals surface area (Å²) < 4.78 is 36.7. The lowest BCUT2D eigenvalue weighted by molar-refractivity contribution is 0.0590. The van der Waals surface area contributed by atoms with E-state index < -0.39 is 15.7 Å². The first-order valence-corrected chi connectivity index (χ1v) is 11.1. The number of aryl methyl sites for hydroxylation is 1. The molecule has 0 saturated heterocycles. The molecule has 0 aromatic heterocycles. The molecule has 0 bridgehead atoms. The van der Waals surface area contributed by atoms with E-state index >= 15 is 0 Å². The Bertz CT molecular complexity index is 1140. The minimum atomic E-state index is -3.87. The van der Waals surface area contributed by atoms with Gasteiger partial charge < -0.3 is 4.74 Å². The predicted octanol–water partition coefficient (Wildman–Crippen LogP) is 5.41. The molecule has 1 unspecified atom stereocenters. The van der Waals surface area contributed by atoms with Crippen LogP contribution in [0.4, 0.5) is 0 Å². The molecule has 1 aliphatic rings. The summed E-state index contributed by atoms with van der Waals surface area (Å²) in [6, 6.07) is 20.1. The molecule has 4 rings (SSSR count). The van der Waals surface area contributed by atoms with E-state index in [1.165, 1.54) is 0 Å². The van der Waals surface area contributed by atoms with Crippen LogP contribution >= 0.6 is 11.6 Å². The van der Waals surface area contributed by atoms with Crippen LogP contribution in [0.2, 0.25) is 5.02 Å². The van der Waals surface area contributed by atoms with Gasteiger partial charge in [-0.05, 0) is 43.7 Å². The van der Waals surface area contributed by atoms with Crippen LogP contribution in [0.25, 0.3) is 11.1 Å². The second-order valence-corrected chi connectivity index (χ2v) is 9.62. The van der Waals surface area contributed by atoms with Crippen LogP contribution in [0.15, 0.2) is 71.6 Å². The summed E-state index contributed by atoms with van der Waals surface area (Å²) in [6.45, 7) is 3.65. The second kappa shape index (κ2) is 7.48. The van der Waals surface area contributed by atoms with Crippen LogP contribution in [0, 0.1) is 6.92 Å². The summed E-state index contributed by atoms with van der Waals surface area (Å²) >= 11 is 6.33. The van der Waals surface area contributed by atoms with Crippen LogP contribution < -0.4 is 4.74 Å². The van der Waals surface area contributed by atoms with E-state index in [2.05, 4.69) is 0 Å². The normalized spacial score (nSPS) is 18.3. The third-order valence-corrected chi connectivity index (χ3v) is 6.45. The Morgan fingerprint density at radius 2 is 1.76 bits per heavy atom. The van der Waals surface area contributed by atoms with Crippen molar-refractivity contribution in [1.82, 2.24) is 0 Å². The fraction of sp³-hybridized carbons (Fsp3) is 0.217. The summed E-state index contributed by atoms with van der Waals surface area (Å²) in [5, 5.41) is 0.614. The van der Waals surface area contributed by atoms with Gasteiger partial charge in [-0.1, -0.05) is 59.6 Å². The largest absolute Gasteiger partial charge is 0.484 e. The second-order valence-electron chi connectivity index (χ2n) is 7.57. The first kappa shape index (κ1) is 20.0. The Labute approximate surface area is 176 Å². The lowest BCUT2D eigenvalue weighted by Crippen LogP contribution is -2.37. The first-order valence-electron chi connectivity index (χ1n) is 9.29. The van der Waals surface area contributed by atoms with Crippen LogP contribution in [0.5, 0.6) is 5.75 Å². The summed E-state index contributed by atoms with van der Waals surface area (Å²) in [5.41, 5.74) is 2.99. The van der Waals surface area contributed by atoms with E-state index in [0.717, 1.165) is 28.0 Å². The van der Waals surface area contributed by atoms with Crippen molar-refractivity contribution in [3.05, 3.63) is 82.9 Å². The maximum Gasteiger partial charge on any atom is 0.297 e. The van der Waals surface area contributed by atoms with Crippen LogP contribution in [-0.2, 0) is 20.7 Å². The number of hydrogen-bond donors (Lipinski definition) is 0. The topological polar surface area (TPSA) is 52.6 Å². The third-order valence-electron chi connectivity index (χ3n) is 4.96. The molecule has 1 aliphatic heterocycles. The lowest BCUT2D eigenvalue weighted by Gasteiger charge is -2.24. The van der Waals surface area contributed by atoms with Crippen molar-refractivity contribution >= 4 is 21.7 Å². The van der Waals surface area contributed by atoms with Gasteiger partial charge in [0.2, 0.25) is 0 Å². The number of hydrogen-bond acceptors (Lipinski definition) is 4. The van der Waals surface area contributed by atoms with E-state index in [1.807, 2.05) is 56.3 Å². The molecule has 0 fully saturated rings. The molecule has 1 heterocycles. The summed E-state index contributed by atoms with van der Waals surface area (Å²) in [5.74, 6) is 0.722. The van der Waals surface area contributed by atoms with Gasteiger partial charge in [0.1, 0.15) is 18.0 Å². The van der Waals surface area contributed by atoms with E-state index in [0.29, 0.717) is 11.4 Å². The smallest absolute Gasteiger partial charge is 0.297 e. The van der Waals surface area contributed by atoms with Gasteiger partial charge >= 0.3 is 0 Å². The molecule has 0 radical (unpaired) electrons. The predicted molar refractivity (Wildman–Crippen MR) is 114 cm³/mol. The Balaban J connectivity index is 1.58. The highest BCUT2D eigenvalue weighted by molar-refractivity contribution is 7.86. The number of halogens is 1. The van der Waals surface area contributed by atoms with Gasteiger partial charge in [0, 0.05) is 22.6 Å². The Hall–Kier alpha value is -2.34. The number of fused-ring (bicyclic) bond motifs is 1. The molecule has 0 saturated carbocycles. The zero-order valence-electron chi connectivity index (χ0n) is 16.2. The molecular formula is C23H21ClO4S. The minimum Gasteiger partial charge on any atom is -0.484 e. The standard InChI is InChI=1S/C23H21ClO4S/c1-16-8-10-20(11-9-16)29(25,26)27-15-23(2)14-18-12-19(24)13-21(22(18)28-23)17-6-4-3-5-7-17/h3-13H,14-15H2,1-2H3. The maximum atomic E-state index is 12.6. The minimum absolute atomic E-state index is 0.0935. The van der Waals surface area contributed by atoms with Gasteiger partial charge in [0.05, 0.1) is 4.90 Å². The molecule has 150 valence electrons. The molecule has 1 atom stereocenters. The summed E-state index contributed by atoms with van der Waals surface area (Å²) in [7, 11) is -3.87. The highest BCUT2D eigenvalue weighted by Gasteiger charge is 2.38. The van der Waals surface area contributed by atoms with Crippen LogP contribution in [0.3, 0.4) is 0 Å². The van der Waals surface area contributed by atoms with Crippen molar-refractivity contribution < 1.29 is 17.3 Å². The quantitative estimate of drug-likeness (QED) is 0.509. The highest BCUT2D eigenvalue weighted by atomic mass is 35.5.